The molecule has 1 saturated carbocycles. The Morgan fingerprint density at radius 3 is 2.67 bits per heavy atom. The molecule has 15 heavy (non-hydrogen) atoms. The van der Waals surface area contributed by atoms with Gasteiger partial charge in [-0.1, -0.05) is 0 Å². The summed E-state index contributed by atoms with van der Waals surface area (Å²) in [7, 11) is 0. The van der Waals surface area contributed by atoms with Crippen molar-refractivity contribution >= 4 is 11.8 Å². The second-order valence-corrected chi connectivity index (χ2v) is 4.24. The SMILES string of the molecule is NC1C2CCOC2C1N1C(=O)C=CC1=O. The van der Waals surface area contributed by atoms with Gasteiger partial charge in [-0.2, -0.15) is 0 Å². The molecule has 3 aliphatic rings. The quantitative estimate of drug-likeness (QED) is 0.562. The van der Waals surface area contributed by atoms with Gasteiger partial charge >= 0.3 is 0 Å². The second kappa shape index (κ2) is 2.90. The van der Waals surface area contributed by atoms with Gasteiger partial charge in [0.2, 0.25) is 0 Å². The number of hydrogen-bond acceptors (Lipinski definition) is 4. The van der Waals surface area contributed by atoms with E-state index in [-0.39, 0.29) is 30.0 Å². The molecular weight excluding hydrogens is 196 g/mol. The number of imide groups is 1. The predicted octanol–water partition coefficient (Wildman–Crippen LogP) is -0.974. The van der Waals surface area contributed by atoms with E-state index in [1.165, 1.54) is 17.1 Å². The van der Waals surface area contributed by atoms with Gasteiger partial charge in [0, 0.05) is 30.7 Å². The Morgan fingerprint density at radius 1 is 1.33 bits per heavy atom. The summed E-state index contributed by atoms with van der Waals surface area (Å²) >= 11 is 0. The third-order valence-electron chi connectivity index (χ3n) is 3.55. The minimum absolute atomic E-state index is 0.0344. The highest BCUT2D eigenvalue weighted by Gasteiger charge is 2.57. The number of hydrogen-bond donors (Lipinski definition) is 1. The van der Waals surface area contributed by atoms with Gasteiger partial charge in [0.1, 0.15) is 0 Å². The van der Waals surface area contributed by atoms with Crippen LogP contribution in [-0.4, -0.2) is 41.5 Å². The van der Waals surface area contributed by atoms with Gasteiger partial charge in [0.25, 0.3) is 11.8 Å². The van der Waals surface area contributed by atoms with Gasteiger partial charge in [-0.05, 0) is 6.42 Å². The Morgan fingerprint density at radius 2 is 2.00 bits per heavy atom. The maximum Gasteiger partial charge on any atom is 0.254 e. The van der Waals surface area contributed by atoms with Crippen molar-refractivity contribution in [3.63, 3.8) is 0 Å². The molecule has 5 nitrogen and oxygen atoms in total. The standard InChI is InChI=1S/C10H12N2O3/c11-8-5-3-4-15-10(5)9(8)12-6(13)1-2-7(12)14/h1-2,5,8-10H,3-4,11H2. The molecule has 1 aliphatic carbocycles. The molecule has 5 heteroatoms. The van der Waals surface area contributed by atoms with Crippen molar-refractivity contribution in [1.82, 2.24) is 4.90 Å². The van der Waals surface area contributed by atoms with Gasteiger partial charge < -0.3 is 10.5 Å². The first-order valence-corrected chi connectivity index (χ1v) is 5.12. The highest BCUT2D eigenvalue weighted by atomic mass is 16.5. The minimum atomic E-state index is -0.269. The fraction of sp³-hybridized carbons (Fsp3) is 0.600. The molecule has 2 aliphatic heterocycles. The smallest absolute Gasteiger partial charge is 0.254 e. The van der Waals surface area contributed by atoms with Gasteiger partial charge in [0.05, 0.1) is 12.1 Å². The van der Waals surface area contributed by atoms with Gasteiger partial charge in [-0.15, -0.1) is 0 Å². The lowest BCUT2D eigenvalue weighted by atomic mass is 9.71. The summed E-state index contributed by atoms with van der Waals surface area (Å²) in [6, 6.07) is -0.377. The number of fused-ring (bicyclic) bond motifs is 1. The summed E-state index contributed by atoms with van der Waals surface area (Å²) in [6.07, 6.45) is 3.48. The second-order valence-electron chi connectivity index (χ2n) is 4.24. The van der Waals surface area contributed by atoms with Crippen LogP contribution in [0.4, 0.5) is 0 Å². The highest BCUT2D eigenvalue weighted by Crippen LogP contribution is 2.41. The molecule has 0 spiro atoms. The Labute approximate surface area is 86.9 Å². The van der Waals surface area contributed by atoms with E-state index in [0.717, 1.165) is 6.42 Å². The van der Waals surface area contributed by atoms with E-state index in [9.17, 15) is 9.59 Å². The Balaban J connectivity index is 1.84. The summed E-state index contributed by atoms with van der Waals surface area (Å²) in [5.74, 6) is -0.222. The van der Waals surface area contributed by atoms with Crippen molar-refractivity contribution in [2.24, 2.45) is 11.7 Å². The predicted molar refractivity (Wildman–Crippen MR) is 50.6 cm³/mol. The molecule has 0 bridgehead atoms. The van der Waals surface area contributed by atoms with E-state index in [1.807, 2.05) is 0 Å². The largest absolute Gasteiger partial charge is 0.376 e. The molecule has 4 atom stereocenters. The van der Waals surface area contributed by atoms with E-state index in [0.29, 0.717) is 12.5 Å². The van der Waals surface area contributed by atoms with Crippen LogP contribution in [0.5, 0.6) is 0 Å². The average Bonchev–Trinajstić information content (AvgIpc) is 2.77. The van der Waals surface area contributed by atoms with Crippen LogP contribution in [0.2, 0.25) is 0 Å². The molecule has 0 aromatic rings. The van der Waals surface area contributed by atoms with E-state index >= 15 is 0 Å². The molecule has 2 fully saturated rings. The van der Waals surface area contributed by atoms with Crippen molar-refractivity contribution in [3.8, 4) is 0 Å². The number of carbonyl (C=O) groups excluding carboxylic acids is 2. The third-order valence-corrected chi connectivity index (χ3v) is 3.55. The Bertz CT molecular complexity index is 348. The van der Waals surface area contributed by atoms with E-state index in [1.54, 1.807) is 0 Å². The highest BCUT2D eigenvalue weighted by molar-refractivity contribution is 6.13. The first kappa shape index (κ1) is 9.06. The van der Waals surface area contributed by atoms with Crippen LogP contribution in [0.1, 0.15) is 6.42 Å². The van der Waals surface area contributed by atoms with E-state index in [4.69, 9.17) is 10.5 Å². The molecule has 4 unspecified atom stereocenters. The maximum absolute atomic E-state index is 11.5. The fourth-order valence-corrected chi connectivity index (χ4v) is 2.74. The van der Waals surface area contributed by atoms with Crippen molar-refractivity contribution in [2.75, 3.05) is 6.61 Å². The van der Waals surface area contributed by atoms with Gasteiger partial charge in [-0.25, -0.2) is 0 Å². The molecule has 0 radical (unpaired) electrons. The molecule has 1 saturated heterocycles. The monoisotopic (exact) mass is 208 g/mol. The van der Waals surface area contributed by atoms with Crippen molar-refractivity contribution in [3.05, 3.63) is 12.2 Å². The van der Waals surface area contributed by atoms with Crippen LogP contribution in [0.25, 0.3) is 0 Å². The van der Waals surface area contributed by atoms with Crippen molar-refractivity contribution < 1.29 is 14.3 Å². The molecule has 0 aromatic heterocycles. The number of amides is 2. The first-order valence-electron chi connectivity index (χ1n) is 5.12. The van der Waals surface area contributed by atoms with Crippen LogP contribution in [0.3, 0.4) is 0 Å². The molecule has 2 amide bonds. The van der Waals surface area contributed by atoms with E-state index < -0.39 is 0 Å². The van der Waals surface area contributed by atoms with Crippen LogP contribution in [0.15, 0.2) is 12.2 Å². The summed E-state index contributed by atoms with van der Waals surface area (Å²) < 4.78 is 5.49. The normalized spacial score (nSPS) is 43.4. The zero-order chi connectivity index (χ0) is 10.6. The zero-order valence-corrected chi connectivity index (χ0v) is 8.13. The molecule has 2 heterocycles. The van der Waals surface area contributed by atoms with Crippen molar-refractivity contribution in [1.29, 1.82) is 0 Å². The lowest BCUT2D eigenvalue weighted by molar-refractivity contribution is -0.151. The molecule has 0 aromatic carbocycles. The Hall–Kier alpha value is -1.20. The summed E-state index contributed by atoms with van der Waals surface area (Å²) in [6.45, 7) is 0.684. The third kappa shape index (κ3) is 1.04. The first-order chi connectivity index (χ1) is 7.20. The lowest BCUT2D eigenvalue weighted by Gasteiger charge is -2.48. The van der Waals surface area contributed by atoms with Gasteiger partial charge in [-0.3, -0.25) is 14.5 Å². The Kier molecular flexibility index (Phi) is 1.75. The maximum atomic E-state index is 11.5. The minimum Gasteiger partial charge on any atom is -0.376 e. The molecular formula is C10H12N2O3. The van der Waals surface area contributed by atoms with Gasteiger partial charge in [0.15, 0.2) is 0 Å². The lowest BCUT2D eigenvalue weighted by Crippen LogP contribution is -2.70. The number of carbonyl (C=O) groups is 2. The fourth-order valence-electron chi connectivity index (χ4n) is 2.74. The zero-order valence-electron chi connectivity index (χ0n) is 8.13. The van der Waals surface area contributed by atoms with E-state index in [2.05, 4.69) is 0 Å². The average molecular weight is 208 g/mol. The molecule has 2 N–H and O–H groups in total. The van der Waals surface area contributed by atoms with Crippen molar-refractivity contribution in [2.45, 2.75) is 24.6 Å². The van der Waals surface area contributed by atoms with Crippen LogP contribution in [-0.2, 0) is 14.3 Å². The van der Waals surface area contributed by atoms with Crippen LogP contribution < -0.4 is 5.73 Å². The summed E-state index contributed by atoms with van der Waals surface area (Å²) in [4.78, 5) is 24.2. The molecule has 3 rings (SSSR count). The molecule has 80 valence electrons. The summed E-state index contributed by atoms with van der Waals surface area (Å²) in [5, 5.41) is 0. The summed E-state index contributed by atoms with van der Waals surface area (Å²) in [5.41, 5.74) is 5.96. The topological polar surface area (TPSA) is 72.6 Å². The number of rotatable bonds is 1. The van der Waals surface area contributed by atoms with Crippen LogP contribution >= 0.6 is 0 Å². The van der Waals surface area contributed by atoms with Crippen LogP contribution in [0, 0.1) is 5.92 Å². The number of ether oxygens (including phenoxy) is 1. The number of nitrogens with zero attached hydrogens (tertiary/aromatic N) is 1. The number of nitrogens with two attached hydrogens (primary N) is 1.